The largest absolute Gasteiger partial charge is 0.478 e. The Balaban J connectivity index is 3.13. The monoisotopic (exact) mass is 239 g/mol. The molecule has 1 N–H and O–H groups in total. The zero-order chi connectivity index (χ0) is 13.0. The molecule has 0 aliphatic rings. The average Bonchev–Trinajstić information content (AvgIpc) is 2.25. The number of anilines is 1. The van der Waals surface area contributed by atoms with Gasteiger partial charge in [-0.15, -0.1) is 0 Å². The highest BCUT2D eigenvalue weighted by atomic mass is 16.5. The van der Waals surface area contributed by atoms with Gasteiger partial charge in [-0.1, -0.05) is 13.8 Å². The van der Waals surface area contributed by atoms with Crippen molar-refractivity contribution < 1.29 is 14.6 Å². The first kappa shape index (κ1) is 13.2. The van der Waals surface area contributed by atoms with E-state index in [2.05, 4.69) is 9.97 Å². The molecule has 0 aromatic carbocycles. The van der Waals surface area contributed by atoms with Crippen molar-refractivity contribution in [3.8, 4) is 5.88 Å². The van der Waals surface area contributed by atoms with E-state index in [-0.39, 0.29) is 17.6 Å². The quantitative estimate of drug-likeness (QED) is 0.868. The van der Waals surface area contributed by atoms with Crippen molar-refractivity contribution in [1.82, 2.24) is 9.97 Å². The molecule has 0 aliphatic heterocycles. The van der Waals surface area contributed by atoms with Crippen molar-refractivity contribution in [3.63, 3.8) is 0 Å². The van der Waals surface area contributed by atoms with Crippen LogP contribution in [0.15, 0.2) is 6.20 Å². The van der Waals surface area contributed by atoms with E-state index in [0.29, 0.717) is 12.2 Å². The van der Waals surface area contributed by atoms with Gasteiger partial charge in [-0.3, -0.25) is 4.90 Å². The van der Waals surface area contributed by atoms with Gasteiger partial charge in [0.2, 0.25) is 5.82 Å². The van der Waals surface area contributed by atoms with Crippen molar-refractivity contribution in [3.05, 3.63) is 11.9 Å². The first-order valence-electron chi connectivity index (χ1n) is 5.33. The fourth-order valence-corrected chi connectivity index (χ4v) is 1.39. The number of rotatable bonds is 4. The Bertz CT molecular complexity index is 407. The van der Waals surface area contributed by atoms with Gasteiger partial charge in [0.15, 0.2) is 0 Å². The molecular formula is C11H17N3O3. The number of carboxylic acid groups (broad SMARTS) is 1. The lowest BCUT2D eigenvalue weighted by atomic mass is 10.2. The highest BCUT2D eigenvalue weighted by Gasteiger charge is 2.22. The molecule has 1 amide bonds. The first-order chi connectivity index (χ1) is 7.95. The number of hydrogen-bond donors (Lipinski definition) is 1. The van der Waals surface area contributed by atoms with E-state index < -0.39 is 6.09 Å². The lowest BCUT2D eigenvalue weighted by molar-refractivity contribution is 0.200. The Morgan fingerprint density at radius 2 is 2.24 bits per heavy atom. The van der Waals surface area contributed by atoms with Gasteiger partial charge in [-0.2, -0.15) is 0 Å². The second-order valence-electron chi connectivity index (χ2n) is 4.13. The van der Waals surface area contributed by atoms with E-state index in [1.807, 2.05) is 13.8 Å². The molecule has 94 valence electrons. The van der Waals surface area contributed by atoms with Crippen LogP contribution < -0.4 is 9.64 Å². The van der Waals surface area contributed by atoms with E-state index in [0.717, 1.165) is 4.90 Å². The molecule has 0 radical (unpaired) electrons. The summed E-state index contributed by atoms with van der Waals surface area (Å²) in [6.07, 6.45) is 0.462. The molecule has 0 fully saturated rings. The normalized spacial score (nSPS) is 10.4. The highest BCUT2D eigenvalue weighted by molar-refractivity contribution is 5.86. The number of amides is 1. The summed E-state index contributed by atoms with van der Waals surface area (Å²) < 4.78 is 5.06. The molecule has 0 atom stereocenters. The van der Waals surface area contributed by atoms with Crippen molar-refractivity contribution in [2.75, 3.05) is 18.6 Å². The van der Waals surface area contributed by atoms with Crippen LogP contribution in [0, 0.1) is 12.8 Å². The minimum absolute atomic E-state index is 0.193. The predicted molar refractivity (Wildman–Crippen MR) is 63.5 cm³/mol. The molecule has 6 nitrogen and oxygen atoms in total. The molecule has 0 saturated carbocycles. The van der Waals surface area contributed by atoms with Crippen LogP contribution in [-0.4, -0.2) is 34.8 Å². The van der Waals surface area contributed by atoms with Crippen molar-refractivity contribution >= 4 is 11.9 Å². The summed E-state index contributed by atoms with van der Waals surface area (Å²) in [6, 6.07) is 0. The van der Waals surface area contributed by atoms with E-state index >= 15 is 0 Å². The molecule has 0 unspecified atom stereocenters. The second kappa shape index (κ2) is 5.47. The van der Waals surface area contributed by atoms with Crippen molar-refractivity contribution in [2.45, 2.75) is 20.8 Å². The maximum atomic E-state index is 11.2. The number of aromatic nitrogens is 2. The Hall–Kier alpha value is -1.85. The van der Waals surface area contributed by atoms with E-state index in [1.54, 1.807) is 6.92 Å². The summed E-state index contributed by atoms with van der Waals surface area (Å²) in [5.41, 5.74) is 0.681. The summed E-state index contributed by atoms with van der Waals surface area (Å²) in [5.74, 6) is 0.659. The number of nitrogens with zero attached hydrogens (tertiary/aromatic N) is 3. The third-order valence-corrected chi connectivity index (χ3v) is 2.07. The summed E-state index contributed by atoms with van der Waals surface area (Å²) in [4.78, 5) is 20.5. The molecule has 6 heteroatoms. The maximum Gasteiger partial charge on any atom is 0.413 e. The average molecular weight is 239 g/mol. The molecule has 0 bridgehead atoms. The SMILES string of the molecule is COc1nc(C)cnc1N(CC(C)C)C(=O)O. The van der Waals surface area contributed by atoms with E-state index in [9.17, 15) is 4.79 Å². The number of ether oxygens (including phenoxy) is 1. The van der Waals surface area contributed by atoms with Gasteiger partial charge in [0.05, 0.1) is 19.0 Å². The predicted octanol–water partition coefficient (Wildman–Crippen LogP) is 1.93. The summed E-state index contributed by atoms with van der Waals surface area (Å²) >= 11 is 0. The molecule has 1 heterocycles. The Morgan fingerprint density at radius 3 is 2.71 bits per heavy atom. The Morgan fingerprint density at radius 1 is 1.59 bits per heavy atom. The summed E-state index contributed by atoms with van der Waals surface area (Å²) in [5, 5.41) is 9.17. The fourth-order valence-electron chi connectivity index (χ4n) is 1.39. The minimum atomic E-state index is -1.06. The van der Waals surface area contributed by atoms with Gasteiger partial charge in [0, 0.05) is 6.54 Å². The first-order valence-corrected chi connectivity index (χ1v) is 5.33. The smallest absolute Gasteiger partial charge is 0.413 e. The third-order valence-electron chi connectivity index (χ3n) is 2.07. The van der Waals surface area contributed by atoms with Crippen LogP contribution in [0.5, 0.6) is 5.88 Å². The van der Waals surface area contributed by atoms with Gasteiger partial charge in [-0.25, -0.2) is 14.8 Å². The van der Waals surface area contributed by atoms with Crippen LogP contribution in [0.2, 0.25) is 0 Å². The van der Waals surface area contributed by atoms with Gasteiger partial charge < -0.3 is 9.84 Å². The highest BCUT2D eigenvalue weighted by Crippen LogP contribution is 2.24. The topological polar surface area (TPSA) is 75.6 Å². The van der Waals surface area contributed by atoms with Gasteiger partial charge in [-0.05, 0) is 12.8 Å². The molecule has 0 spiro atoms. The summed E-state index contributed by atoms with van der Waals surface area (Å²) in [7, 11) is 1.45. The molecule has 17 heavy (non-hydrogen) atoms. The Kier molecular flexibility index (Phi) is 4.25. The van der Waals surface area contributed by atoms with Crippen molar-refractivity contribution in [1.29, 1.82) is 0 Å². The number of methoxy groups -OCH3 is 1. The molecule has 1 aromatic heterocycles. The van der Waals surface area contributed by atoms with Crippen molar-refractivity contribution in [2.24, 2.45) is 5.92 Å². The lowest BCUT2D eigenvalue weighted by Gasteiger charge is -2.21. The van der Waals surface area contributed by atoms with Crippen LogP contribution >= 0.6 is 0 Å². The summed E-state index contributed by atoms with van der Waals surface area (Å²) in [6.45, 7) is 5.99. The Labute approximate surface area is 100 Å². The van der Waals surface area contributed by atoms with Crippen LogP contribution in [0.1, 0.15) is 19.5 Å². The number of hydrogen-bond acceptors (Lipinski definition) is 4. The minimum Gasteiger partial charge on any atom is -0.478 e. The number of aryl methyl sites for hydroxylation is 1. The fraction of sp³-hybridized carbons (Fsp3) is 0.545. The van der Waals surface area contributed by atoms with Crippen LogP contribution in [-0.2, 0) is 0 Å². The molecule has 1 aromatic rings. The lowest BCUT2D eigenvalue weighted by Crippen LogP contribution is -2.34. The zero-order valence-electron chi connectivity index (χ0n) is 10.5. The number of carbonyl (C=O) groups is 1. The molecule has 0 aliphatic carbocycles. The zero-order valence-corrected chi connectivity index (χ0v) is 10.5. The molecular weight excluding hydrogens is 222 g/mol. The second-order valence-corrected chi connectivity index (χ2v) is 4.13. The molecule has 1 rings (SSSR count). The van der Waals surface area contributed by atoms with Gasteiger partial charge in [0.1, 0.15) is 0 Å². The molecule has 0 saturated heterocycles. The van der Waals surface area contributed by atoms with Gasteiger partial charge in [0.25, 0.3) is 5.88 Å². The van der Waals surface area contributed by atoms with Crippen LogP contribution in [0.3, 0.4) is 0 Å². The van der Waals surface area contributed by atoms with E-state index in [1.165, 1.54) is 13.3 Å². The van der Waals surface area contributed by atoms with Crippen LogP contribution in [0.4, 0.5) is 10.6 Å². The van der Waals surface area contributed by atoms with Gasteiger partial charge >= 0.3 is 6.09 Å². The van der Waals surface area contributed by atoms with E-state index in [4.69, 9.17) is 9.84 Å². The van der Waals surface area contributed by atoms with Crippen LogP contribution in [0.25, 0.3) is 0 Å². The third kappa shape index (κ3) is 3.30. The maximum absolute atomic E-state index is 11.2. The standard InChI is InChI=1S/C11H17N3O3/c1-7(2)6-14(11(15)16)9-10(17-4)13-8(3)5-12-9/h5,7H,6H2,1-4H3,(H,15,16).